The van der Waals surface area contributed by atoms with E-state index in [1.165, 1.54) is 0 Å². The van der Waals surface area contributed by atoms with Crippen molar-refractivity contribution in [3.05, 3.63) is 35.7 Å². The Morgan fingerprint density at radius 2 is 2.16 bits per heavy atom. The number of halogens is 1. The first-order chi connectivity index (χ1) is 11.8. The van der Waals surface area contributed by atoms with Crippen molar-refractivity contribution >= 4 is 17.6 Å². The van der Waals surface area contributed by atoms with E-state index in [9.17, 15) is 14.0 Å². The van der Waals surface area contributed by atoms with Crippen LogP contribution >= 0.6 is 0 Å². The van der Waals surface area contributed by atoms with Crippen molar-refractivity contribution in [3.8, 4) is 5.75 Å². The first-order valence-electron chi connectivity index (χ1n) is 8.03. The summed E-state index contributed by atoms with van der Waals surface area (Å²) >= 11 is 0. The molecule has 7 heteroatoms. The Morgan fingerprint density at radius 3 is 2.84 bits per heavy atom. The van der Waals surface area contributed by atoms with Crippen molar-refractivity contribution < 1.29 is 23.5 Å². The summed E-state index contributed by atoms with van der Waals surface area (Å²) in [5, 5.41) is 5.51. The van der Waals surface area contributed by atoms with Crippen LogP contribution in [0.3, 0.4) is 0 Å². The number of alkyl carbamates (subject to hydrolysis) is 1. The van der Waals surface area contributed by atoms with Gasteiger partial charge in [0.05, 0.1) is 12.9 Å². The number of carbonyl (C=O) groups excluding carboxylic acids is 2. The molecular formula is C18H23FN2O4. The van der Waals surface area contributed by atoms with Gasteiger partial charge in [0.15, 0.2) is 5.78 Å². The van der Waals surface area contributed by atoms with E-state index in [4.69, 9.17) is 9.47 Å². The lowest BCUT2D eigenvalue weighted by Gasteiger charge is -2.20. The molecule has 2 rings (SSSR count). The van der Waals surface area contributed by atoms with Crippen LogP contribution in [0.15, 0.2) is 30.1 Å². The third-order valence-corrected chi connectivity index (χ3v) is 3.38. The van der Waals surface area contributed by atoms with Crippen LogP contribution in [0, 0.1) is 0 Å². The molecule has 6 nitrogen and oxygen atoms in total. The van der Waals surface area contributed by atoms with Gasteiger partial charge in [0, 0.05) is 24.2 Å². The number of ether oxygens (including phenoxy) is 2. The summed E-state index contributed by atoms with van der Waals surface area (Å²) in [5.74, 6) is 0.641. The maximum absolute atomic E-state index is 13.0. The summed E-state index contributed by atoms with van der Waals surface area (Å²) in [6.07, 6.45) is 0.136. The number of amides is 1. The van der Waals surface area contributed by atoms with Gasteiger partial charge in [0.25, 0.3) is 0 Å². The monoisotopic (exact) mass is 350 g/mol. The zero-order valence-electron chi connectivity index (χ0n) is 14.6. The number of carbonyl (C=O) groups is 2. The summed E-state index contributed by atoms with van der Waals surface area (Å²) in [7, 11) is 0. The van der Waals surface area contributed by atoms with E-state index in [1.807, 2.05) is 6.07 Å². The van der Waals surface area contributed by atoms with Gasteiger partial charge in [-0.3, -0.25) is 4.79 Å². The number of fused-ring (bicyclic) bond motifs is 1. The van der Waals surface area contributed by atoms with Crippen molar-refractivity contribution in [2.24, 2.45) is 0 Å². The highest BCUT2D eigenvalue weighted by atomic mass is 19.1. The molecule has 1 aliphatic heterocycles. The van der Waals surface area contributed by atoms with Gasteiger partial charge in [-0.25, -0.2) is 9.18 Å². The van der Waals surface area contributed by atoms with Gasteiger partial charge < -0.3 is 20.1 Å². The van der Waals surface area contributed by atoms with Crippen LogP contribution in [0.1, 0.15) is 26.3 Å². The predicted octanol–water partition coefficient (Wildman–Crippen LogP) is 2.98. The number of ketones is 1. The largest absolute Gasteiger partial charge is 0.489 e. The molecular weight excluding hydrogens is 327 g/mol. The summed E-state index contributed by atoms with van der Waals surface area (Å²) in [4.78, 5) is 23.1. The average molecular weight is 350 g/mol. The zero-order valence-corrected chi connectivity index (χ0v) is 14.6. The Bertz CT molecular complexity index is 680. The van der Waals surface area contributed by atoms with Crippen molar-refractivity contribution in [2.45, 2.75) is 32.8 Å². The van der Waals surface area contributed by atoms with E-state index in [1.54, 1.807) is 32.9 Å². The van der Waals surface area contributed by atoms with E-state index in [-0.39, 0.29) is 24.5 Å². The van der Waals surface area contributed by atoms with E-state index in [0.29, 0.717) is 25.0 Å². The molecule has 25 heavy (non-hydrogen) atoms. The second-order valence-corrected chi connectivity index (χ2v) is 6.80. The standard InChI is InChI=1S/C18H23FN2O4/c1-18(2,3)25-17(23)21-9-12(8-19)11-24-15-4-5-16-13(7-15)6-14(22)10-20-16/h4-5,7-8,20H,6,9-11H2,1-3H3,(H,21,23)/b12-8+. The molecule has 0 atom stereocenters. The predicted molar refractivity (Wildman–Crippen MR) is 92.6 cm³/mol. The molecule has 1 aliphatic rings. The molecule has 1 amide bonds. The number of rotatable bonds is 5. The molecule has 0 aliphatic carbocycles. The number of anilines is 1. The second-order valence-electron chi connectivity index (χ2n) is 6.80. The van der Waals surface area contributed by atoms with Gasteiger partial charge in [0.1, 0.15) is 18.0 Å². The highest BCUT2D eigenvalue weighted by Gasteiger charge is 2.17. The molecule has 136 valence electrons. The van der Waals surface area contributed by atoms with Crippen LogP contribution in [-0.4, -0.2) is 37.2 Å². The molecule has 0 spiro atoms. The molecule has 2 N–H and O–H groups in total. The average Bonchev–Trinajstić information content (AvgIpc) is 2.53. The molecule has 0 saturated heterocycles. The van der Waals surface area contributed by atoms with E-state index in [0.717, 1.165) is 11.3 Å². The van der Waals surface area contributed by atoms with Crippen molar-refractivity contribution in [2.75, 3.05) is 25.0 Å². The van der Waals surface area contributed by atoms with Gasteiger partial charge in [-0.1, -0.05) is 0 Å². The lowest BCUT2D eigenvalue weighted by molar-refractivity contribution is -0.117. The molecule has 1 aromatic rings. The Labute approximate surface area is 146 Å². The number of hydrogen-bond donors (Lipinski definition) is 2. The van der Waals surface area contributed by atoms with Crippen LogP contribution in [0.4, 0.5) is 14.9 Å². The van der Waals surface area contributed by atoms with Gasteiger partial charge in [-0.15, -0.1) is 0 Å². The molecule has 0 radical (unpaired) electrons. The van der Waals surface area contributed by atoms with Gasteiger partial charge >= 0.3 is 6.09 Å². The van der Waals surface area contributed by atoms with Gasteiger partial charge in [-0.05, 0) is 44.5 Å². The summed E-state index contributed by atoms with van der Waals surface area (Å²) in [5.41, 5.74) is 1.40. The van der Waals surface area contributed by atoms with Crippen LogP contribution < -0.4 is 15.4 Å². The van der Waals surface area contributed by atoms with Crippen molar-refractivity contribution in [1.29, 1.82) is 0 Å². The lowest BCUT2D eigenvalue weighted by Crippen LogP contribution is -2.34. The SMILES string of the molecule is CC(C)(C)OC(=O)NC/C(=C\F)COc1ccc2c(c1)CC(=O)CN2. The fraction of sp³-hybridized carbons (Fsp3) is 0.444. The highest BCUT2D eigenvalue weighted by molar-refractivity contribution is 5.89. The molecule has 1 heterocycles. The van der Waals surface area contributed by atoms with Crippen LogP contribution in [0.5, 0.6) is 5.75 Å². The zero-order chi connectivity index (χ0) is 18.4. The topological polar surface area (TPSA) is 76.7 Å². The normalized spacial score (nSPS) is 14.4. The molecule has 0 bridgehead atoms. The summed E-state index contributed by atoms with van der Waals surface area (Å²) in [6.45, 7) is 5.53. The minimum Gasteiger partial charge on any atom is -0.489 e. The maximum atomic E-state index is 13.0. The Hall–Kier alpha value is -2.57. The van der Waals surface area contributed by atoms with Crippen LogP contribution in [0.2, 0.25) is 0 Å². The van der Waals surface area contributed by atoms with E-state index >= 15 is 0 Å². The summed E-state index contributed by atoms with van der Waals surface area (Å²) in [6, 6.07) is 5.34. The Morgan fingerprint density at radius 1 is 1.40 bits per heavy atom. The Balaban J connectivity index is 1.86. The maximum Gasteiger partial charge on any atom is 0.407 e. The second kappa shape index (κ2) is 8.00. The third kappa shape index (κ3) is 6.10. The lowest BCUT2D eigenvalue weighted by atomic mass is 10.0. The molecule has 0 aromatic heterocycles. The first kappa shape index (κ1) is 18.8. The molecule has 0 saturated carbocycles. The van der Waals surface area contributed by atoms with Gasteiger partial charge in [0.2, 0.25) is 0 Å². The fourth-order valence-corrected chi connectivity index (χ4v) is 2.24. The van der Waals surface area contributed by atoms with Gasteiger partial charge in [-0.2, -0.15) is 0 Å². The number of hydrogen-bond acceptors (Lipinski definition) is 5. The Kier molecular flexibility index (Phi) is 6.01. The minimum atomic E-state index is -0.620. The minimum absolute atomic E-state index is 0.0175. The number of benzene rings is 1. The third-order valence-electron chi connectivity index (χ3n) is 3.38. The number of Topliss-reactive ketones (excluding diaryl/α,β-unsaturated/α-hetero) is 1. The quantitative estimate of drug-likeness (QED) is 0.854. The smallest absolute Gasteiger partial charge is 0.407 e. The molecule has 1 aromatic carbocycles. The first-order valence-corrected chi connectivity index (χ1v) is 8.03. The molecule has 0 fully saturated rings. The number of nitrogens with one attached hydrogen (secondary N) is 2. The van der Waals surface area contributed by atoms with Crippen molar-refractivity contribution in [3.63, 3.8) is 0 Å². The van der Waals surface area contributed by atoms with E-state index in [2.05, 4.69) is 10.6 Å². The molecule has 0 unspecified atom stereocenters. The van der Waals surface area contributed by atoms with E-state index < -0.39 is 11.7 Å². The fourth-order valence-electron chi connectivity index (χ4n) is 2.24. The summed E-state index contributed by atoms with van der Waals surface area (Å²) < 4.78 is 23.6. The van der Waals surface area contributed by atoms with Crippen LogP contribution in [0.25, 0.3) is 0 Å². The van der Waals surface area contributed by atoms with Crippen molar-refractivity contribution in [1.82, 2.24) is 5.32 Å². The highest BCUT2D eigenvalue weighted by Crippen LogP contribution is 2.25. The van der Waals surface area contributed by atoms with Crippen LogP contribution in [-0.2, 0) is 16.0 Å².